The van der Waals surface area contributed by atoms with Gasteiger partial charge in [0, 0.05) is 51.5 Å². The largest absolute Gasteiger partial charge is 0.468 e. The second-order valence-corrected chi connectivity index (χ2v) is 10.1. The number of likely N-dealkylation sites (tertiary alicyclic amines) is 1. The van der Waals surface area contributed by atoms with E-state index in [1.807, 2.05) is 6.20 Å². The first-order valence-electron chi connectivity index (χ1n) is 12.5. The number of hydrogen-bond acceptors (Lipinski definition) is 7. The number of nitrogens with one attached hydrogen (secondary N) is 1. The van der Waals surface area contributed by atoms with E-state index in [0.717, 1.165) is 32.2 Å². The first kappa shape index (κ1) is 23.5. The van der Waals surface area contributed by atoms with Crippen LogP contribution in [-0.4, -0.2) is 93.3 Å². The minimum absolute atomic E-state index is 0.431. The summed E-state index contributed by atoms with van der Waals surface area (Å²) in [6.45, 7) is 12.3. The smallest absolute Gasteiger partial charge is 0.293 e. The van der Waals surface area contributed by atoms with Crippen LogP contribution in [0.15, 0.2) is 18.3 Å². The highest BCUT2D eigenvalue weighted by Crippen LogP contribution is 2.46. The molecule has 1 saturated carbocycles. The Labute approximate surface area is 193 Å². The van der Waals surface area contributed by atoms with Crippen molar-refractivity contribution in [3.8, 4) is 0 Å². The average Bonchev–Trinajstić information content (AvgIpc) is 3.26. The molecule has 1 N–H and O–H groups in total. The summed E-state index contributed by atoms with van der Waals surface area (Å²) in [6.07, 6.45) is 8.77. The van der Waals surface area contributed by atoms with Crippen LogP contribution >= 0.6 is 0 Å². The molecule has 1 aromatic rings. The van der Waals surface area contributed by atoms with Crippen molar-refractivity contribution < 1.29 is 9.53 Å². The number of rotatable bonds is 5. The highest BCUT2D eigenvalue weighted by atomic mass is 16.5. The third-order valence-electron chi connectivity index (χ3n) is 7.85. The lowest BCUT2D eigenvalue weighted by molar-refractivity contribution is -0.128. The number of piperidine rings is 1. The van der Waals surface area contributed by atoms with E-state index in [1.165, 1.54) is 69.7 Å². The van der Waals surface area contributed by atoms with Gasteiger partial charge in [-0.1, -0.05) is 6.07 Å². The van der Waals surface area contributed by atoms with Crippen LogP contribution < -0.4 is 10.2 Å². The molecule has 3 aliphatic heterocycles. The molecule has 4 heterocycles. The van der Waals surface area contributed by atoms with E-state index in [1.54, 1.807) is 6.92 Å². The molecule has 3 saturated heterocycles. The SMILES string of the molecule is CCOC=O.CN1CC2(CCC(N3CCN(c4ncccc4C4CCNCC4)CC3)C2)C1. The fraction of sp³-hybridized carbons (Fsp3) is 0.760. The molecular formula is C25H41N5O2. The van der Waals surface area contributed by atoms with Crippen molar-refractivity contribution in [1.82, 2.24) is 20.1 Å². The molecule has 4 fully saturated rings. The predicted octanol–water partition coefficient (Wildman–Crippen LogP) is 2.33. The summed E-state index contributed by atoms with van der Waals surface area (Å²) in [5.41, 5.74) is 2.16. The second-order valence-electron chi connectivity index (χ2n) is 10.1. The maximum atomic E-state index is 9.18. The van der Waals surface area contributed by atoms with Crippen LogP contribution in [0, 0.1) is 5.41 Å². The fourth-order valence-electron chi connectivity index (χ4n) is 6.37. The molecule has 5 rings (SSSR count). The minimum Gasteiger partial charge on any atom is -0.468 e. The first-order valence-corrected chi connectivity index (χ1v) is 12.5. The van der Waals surface area contributed by atoms with Crippen molar-refractivity contribution in [2.24, 2.45) is 5.41 Å². The Morgan fingerprint density at radius 1 is 1.19 bits per heavy atom. The zero-order valence-electron chi connectivity index (χ0n) is 20.0. The van der Waals surface area contributed by atoms with Gasteiger partial charge < -0.3 is 19.9 Å². The lowest BCUT2D eigenvalue weighted by Gasteiger charge is -2.47. The van der Waals surface area contributed by atoms with Gasteiger partial charge in [-0.05, 0) is 82.1 Å². The van der Waals surface area contributed by atoms with Crippen molar-refractivity contribution in [3.63, 3.8) is 0 Å². The molecule has 0 bridgehead atoms. The quantitative estimate of drug-likeness (QED) is 0.701. The van der Waals surface area contributed by atoms with E-state index in [9.17, 15) is 4.79 Å². The highest BCUT2D eigenvalue weighted by Gasteiger charge is 2.48. The van der Waals surface area contributed by atoms with Gasteiger partial charge in [0.25, 0.3) is 6.47 Å². The number of pyridine rings is 1. The zero-order valence-corrected chi connectivity index (χ0v) is 20.0. The molecule has 1 atom stereocenters. The lowest BCUT2D eigenvalue weighted by Crippen LogP contribution is -2.54. The van der Waals surface area contributed by atoms with Gasteiger partial charge in [-0.25, -0.2) is 4.98 Å². The third kappa shape index (κ3) is 5.43. The van der Waals surface area contributed by atoms with Crippen LogP contribution in [0.1, 0.15) is 50.5 Å². The van der Waals surface area contributed by atoms with Crippen LogP contribution in [0.4, 0.5) is 5.82 Å². The second kappa shape index (κ2) is 10.9. The predicted molar refractivity (Wildman–Crippen MR) is 128 cm³/mol. The number of piperazine rings is 1. The monoisotopic (exact) mass is 443 g/mol. The molecule has 7 nitrogen and oxygen atoms in total. The summed E-state index contributed by atoms with van der Waals surface area (Å²) in [4.78, 5) is 21.9. The molecule has 0 radical (unpaired) electrons. The molecule has 1 aromatic heterocycles. The molecule has 0 amide bonds. The Morgan fingerprint density at radius 2 is 1.94 bits per heavy atom. The molecule has 1 spiro atoms. The van der Waals surface area contributed by atoms with Gasteiger partial charge in [-0.3, -0.25) is 9.69 Å². The molecule has 1 aliphatic carbocycles. The molecule has 32 heavy (non-hydrogen) atoms. The number of carbonyl (C=O) groups is 1. The van der Waals surface area contributed by atoms with Crippen molar-refractivity contribution in [2.75, 3.05) is 70.9 Å². The number of carbonyl (C=O) groups excluding carboxylic acids is 1. The van der Waals surface area contributed by atoms with E-state index >= 15 is 0 Å². The van der Waals surface area contributed by atoms with Gasteiger partial charge in [0.2, 0.25) is 0 Å². The van der Waals surface area contributed by atoms with Crippen LogP contribution in [0.5, 0.6) is 0 Å². The Hall–Kier alpha value is -1.70. The minimum atomic E-state index is 0.431. The number of hydrogen-bond donors (Lipinski definition) is 1. The summed E-state index contributed by atoms with van der Waals surface area (Å²) in [6, 6.07) is 5.29. The maximum absolute atomic E-state index is 9.18. The van der Waals surface area contributed by atoms with E-state index in [2.05, 4.69) is 43.9 Å². The van der Waals surface area contributed by atoms with E-state index < -0.39 is 0 Å². The average molecular weight is 444 g/mol. The van der Waals surface area contributed by atoms with Crippen LogP contribution in [-0.2, 0) is 9.53 Å². The van der Waals surface area contributed by atoms with E-state index in [4.69, 9.17) is 4.98 Å². The summed E-state index contributed by atoms with van der Waals surface area (Å²) in [7, 11) is 2.27. The number of anilines is 1. The Bertz CT molecular complexity index is 725. The fourth-order valence-corrected chi connectivity index (χ4v) is 6.37. The van der Waals surface area contributed by atoms with Crippen LogP contribution in [0.25, 0.3) is 0 Å². The van der Waals surface area contributed by atoms with Crippen LogP contribution in [0.3, 0.4) is 0 Å². The summed E-state index contributed by atoms with van der Waals surface area (Å²) in [5, 5.41) is 3.50. The maximum Gasteiger partial charge on any atom is 0.293 e. The van der Waals surface area contributed by atoms with Crippen molar-refractivity contribution in [1.29, 1.82) is 0 Å². The number of nitrogens with zero attached hydrogens (tertiary/aromatic N) is 4. The molecule has 178 valence electrons. The standard InChI is InChI=1S/C22H35N5.C3H6O2/c1-25-16-22(17-25)7-4-19(15-22)26-11-13-27(14-12-26)21-20(3-2-8-24-21)18-5-9-23-10-6-18;1-2-5-3-4/h2-3,8,18-19,23H,4-7,9-17H2,1H3;3H,2H2,1H3. The summed E-state index contributed by atoms with van der Waals surface area (Å²) < 4.78 is 4.15. The Balaban J connectivity index is 0.000000444. The zero-order chi connectivity index (χ0) is 22.4. The summed E-state index contributed by atoms with van der Waals surface area (Å²) in [5.74, 6) is 1.95. The summed E-state index contributed by atoms with van der Waals surface area (Å²) >= 11 is 0. The van der Waals surface area contributed by atoms with E-state index in [-0.39, 0.29) is 0 Å². The van der Waals surface area contributed by atoms with Gasteiger partial charge in [-0.15, -0.1) is 0 Å². The molecule has 4 aliphatic rings. The van der Waals surface area contributed by atoms with Gasteiger partial charge in [-0.2, -0.15) is 0 Å². The topological polar surface area (TPSA) is 60.9 Å². The molecular weight excluding hydrogens is 402 g/mol. The molecule has 1 unspecified atom stereocenters. The van der Waals surface area contributed by atoms with Gasteiger partial charge >= 0.3 is 0 Å². The normalized spacial score (nSPS) is 26.3. The van der Waals surface area contributed by atoms with Gasteiger partial charge in [0.05, 0.1) is 6.61 Å². The Morgan fingerprint density at radius 3 is 2.56 bits per heavy atom. The first-order chi connectivity index (χ1) is 15.6. The number of aromatic nitrogens is 1. The molecule has 7 heteroatoms. The lowest BCUT2D eigenvalue weighted by atomic mass is 9.78. The van der Waals surface area contributed by atoms with Crippen molar-refractivity contribution in [2.45, 2.75) is 51.0 Å². The molecule has 0 aromatic carbocycles. The van der Waals surface area contributed by atoms with Crippen LogP contribution in [0.2, 0.25) is 0 Å². The number of ether oxygens (including phenoxy) is 1. The van der Waals surface area contributed by atoms with Gasteiger partial charge in [0.15, 0.2) is 0 Å². The Kier molecular flexibility index (Phi) is 8.02. The van der Waals surface area contributed by atoms with Crippen molar-refractivity contribution in [3.05, 3.63) is 23.9 Å². The third-order valence-corrected chi connectivity index (χ3v) is 7.85. The van der Waals surface area contributed by atoms with Crippen molar-refractivity contribution >= 4 is 12.3 Å². The highest BCUT2D eigenvalue weighted by molar-refractivity contribution is 5.49. The van der Waals surface area contributed by atoms with Gasteiger partial charge in [0.1, 0.15) is 5.82 Å². The van der Waals surface area contributed by atoms with E-state index in [0.29, 0.717) is 24.4 Å².